The van der Waals surface area contributed by atoms with E-state index in [1.807, 2.05) is 0 Å². The Balaban J connectivity index is 0.889. The van der Waals surface area contributed by atoms with E-state index < -0.39 is 20.2 Å². The van der Waals surface area contributed by atoms with E-state index in [0.29, 0.717) is 102 Å². The van der Waals surface area contributed by atoms with E-state index in [9.17, 15) is 25.9 Å². The van der Waals surface area contributed by atoms with Crippen LogP contribution in [-0.4, -0.2) is 71.9 Å². The van der Waals surface area contributed by atoms with E-state index in [0.717, 1.165) is 59.5 Å². The Morgan fingerprint density at radius 2 is 1.05 bits per heavy atom. The fourth-order valence-electron chi connectivity index (χ4n) is 7.00. The van der Waals surface area contributed by atoms with Crippen LogP contribution in [0.15, 0.2) is 56.9 Å². The van der Waals surface area contributed by atoms with Gasteiger partial charge >= 0.3 is 20.2 Å². The zero-order chi connectivity index (χ0) is 42.3. The number of aromatic nitrogens is 4. The molecule has 0 amide bonds. The number of hydrogen-bond acceptors (Lipinski definition) is 12. The zero-order valence-electron chi connectivity index (χ0n) is 31.2. The average molecular weight is 977 g/mol. The molecule has 2 aromatic carbocycles. The molecule has 60 heavy (non-hydrogen) atoms. The average Bonchev–Trinajstić information content (AvgIpc) is 3.92. The largest absolute Gasteiger partial charge is 0.492 e. The molecule has 0 saturated heterocycles. The van der Waals surface area contributed by atoms with Gasteiger partial charge in [0.15, 0.2) is 8.42 Å². The van der Waals surface area contributed by atoms with Gasteiger partial charge in [-0.2, -0.15) is 27.0 Å². The second kappa shape index (κ2) is 17.9. The van der Waals surface area contributed by atoms with Crippen molar-refractivity contribution in [1.29, 1.82) is 0 Å². The number of fused-ring (bicyclic) bond motifs is 6. The maximum absolute atomic E-state index is 12.0. The molecule has 318 valence electrons. The Morgan fingerprint density at radius 1 is 0.633 bits per heavy atom. The maximum atomic E-state index is 12.0. The van der Waals surface area contributed by atoms with Crippen molar-refractivity contribution in [2.45, 2.75) is 60.2 Å². The van der Waals surface area contributed by atoms with Crippen LogP contribution in [0.25, 0.3) is 32.5 Å². The van der Waals surface area contributed by atoms with Crippen LogP contribution in [-0.2, 0) is 55.8 Å². The van der Waals surface area contributed by atoms with Crippen molar-refractivity contribution >= 4 is 89.3 Å². The first-order chi connectivity index (χ1) is 28.7. The second-order valence-corrected chi connectivity index (χ2v) is 20.8. The number of rotatable bonds is 15. The van der Waals surface area contributed by atoms with Crippen molar-refractivity contribution < 1.29 is 44.9 Å². The minimum Gasteiger partial charge on any atom is -0.492 e. The fourth-order valence-corrected chi connectivity index (χ4v) is 11.6. The van der Waals surface area contributed by atoms with Crippen LogP contribution in [0.5, 0.6) is 11.5 Å². The molecule has 6 heterocycles. The molecule has 6 aromatic rings. The van der Waals surface area contributed by atoms with Gasteiger partial charge < -0.3 is 18.9 Å². The fraction of sp³-hybridized carbons (Fsp3) is 0.316. The lowest BCUT2D eigenvalue weighted by Gasteiger charge is -2.10. The van der Waals surface area contributed by atoms with Gasteiger partial charge in [-0.05, 0) is 49.2 Å². The monoisotopic (exact) mass is 974 g/mol. The molecule has 2 N–H and O–H groups in total. The highest BCUT2D eigenvalue weighted by molar-refractivity contribution is 7.88. The van der Waals surface area contributed by atoms with Gasteiger partial charge in [0.05, 0.1) is 80.4 Å². The molecule has 0 spiro atoms. The number of halogens is 4. The van der Waals surface area contributed by atoms with Gasteiger partial charge in [-0.25, -0.2) is 9.36 Å². The Morgan fingerprint density at radius 3 is 1.43 bits per heavy atom. The van der Waals surface area contributed by atoms with E-state index in [4.69, 9.17) is 75.5 Å². The summed E-state index contributed by atoms with van der Waals surface area (Å²) in [6.45, 7) is 1.87. The Kier molecular flexibility index (Phi) is 12.9. The van der Waals surface area contributed by atoms with E-state index in [2.05, 4.69) is 0 Å². The standard InChI is InChI=1S/C38H34Cl4N4O10S4/c39-21-5-7-29(25(41)15-21)45-35-23(9-13-55-31-17-33(57-37(31)35)59(47,48)49)27(43-45)19-53-11-3-1-2-4-12-54-20-28-24-10-14-56-32-18-34(60(50,51)52)58-38(32)36(24)46(44-28)30-8-6-22(40)16-26(30)42/h5-8,15-18H,1-4,9-14,19-20H2,(H,47,48,49)(H,50,51,52). The highest BCUT2D eigenvalue weighted by Crippen LogP contribution is 2.47. The van der Waals surface area contributed by atoms with Crippen LogP contribution in [0.2, 0.25) is 20.1 Å². The molecule has 0 unspecified atom stereocenters. The summed E-state index contributed by atoms with van der Waals surface area (Å²) in [5, 5.41) is 11.3. The Hall–Kier alpha value is -3.24. The summed E-state index contributed by atoms with van der Waals surface area (Å²) < 4.78 is 94.5. The summed E-state index contributed by atoms with van der Waals surface area (Å²) in [5.41, 5.74) is 5.25. The summed E-state index contributed by atoms with van der Waals surface area (Å²) in [5.74, 6) is 0.648. The first kappa shape index (κ1) is 43.4. The van der Waals surface area contributed by atoms with Crippen molar-refractivity contribution in [3.63, 3.8) is 0 Å². The molecule has 8 rings (SSSR count). The Labute approximate surface area is 373 Å². The van der Waals surface area contributed by atoms with Crippen molar-refractivity contribution in [2.75, 3.05) is 26.4 Å². The topological polar surface area (TPSA) is 181 Å². The molecule has 14 nitrogen and oxygen atoms in total. The van der Waals surface area contributed by atoms with Gasteiger partial charge in [0.2, 0.25) is 0 Å². The molecule has 0 saturated carbocycles. The summed E-state index contributed by atoms with van der Waals surface area (Å²) >= 11 is 27.4. The lowest BCUT2D eigenvalue weighted by atomic mass is 10.1. The van der Waals surface area contributed by atoms with E-state index >= 15 is 0 Å². The summed E-state index contributed by atoms with van der Waals surface area (Å²) in [6.07, 6.45) is 4.31. The number of benzene rings is 2. The highest BCUT2D eigenvalue weighted by atomic mass is 35.5. The highest BCUT2D eigenvalue weighted by Gasteiger charge is 2.32. The summed E-state index contributed by atoms with van der Waals surface area (Å²) in [7, 11) is -8.94. The second-order valence-electron chi connectivity index (χ2n) is 13.7. The van der Waals surface area contributed by atoms with Gasteiger partial charge in [0.25, 0.3) is 0 Å². The maximum Gasteiger partial charge on any atom is 0.304 e. The molecule has 0 bridgehead atoms. The normalized spacial score (nSPS) is 13.8. The minimum atomic E-state index is -4.47. The van der Waals surface area contributed by atoms with Crippen molar-refractivity contribution in [3.05, 3.63) is 91.1 Å². The van der Waals surface area contributed by atoms with E-state index in [1.165, 1.54) is 12.1 Å². The van der Waals surface area contributed by atoms with Gasteiger partial charge in [-0.15, -0.1) is 22.7 Å². The third-order valence-corrected chi connectivity index (χ3v) is 15.7. The van der Waals surface area contributed by atoms with Crippen LogP contribution in [0.3, 0.4) is 0 Å². The number of thiophene rings is 2. The summed E-state index contributed by atoms with van der Waals surface area (Å²) in [6, 6.07) is 12.7. The van der Waals surface area contributed by atoms with Crippen LogP contribution in [0, 0.1) is 0 Å². The SMILES string of the molecule is O=S(=O)(O)c1cc2c(s1)-c1c(c(COCCCCCCOCc3nn(-c4ccc(Cl)cc4Cl)c4c3CCOc3cc(S(=O)(=O)O)sc3-4)nn1-c1ccc(Cl)cc1Cl)CCO2. The molecule has 22 heteroatoms. The molecular formula is C38H34Cl4N4O10S4. The molecule has 2 aliphatic rings. The number of nitrogens with zero attached hydrogens (tertiary/aromatic N) is 4. The number of ether oxygens (including phenoxy) is 4. The predicted octanol–water partition coefficient (Wildman–Crippen LogP) is 9.79. The minimum absolute atomic E-state index is 0.197. The first-order valence-electron chi connectivity index (χ1n) is 18.4. The van der Waals surface area contributed by atoms with E-state index in [1.54, 1.807) is 45.8 Å². The smallest absolute Gasteiger partial charge is 0.304 e. The molecule has 0 atom stereocenters. The molecule has 4 aromatic heterocycles. The third-order valence-electron chi connectivity index (χ3n) is 9.72. The number of hydrogen-bond donors (Lipinski definition) is 2. The van der Waals surface area contributed by atoms with Crippen molar-refractivity contribution in [2.24, 2.45) is 0 Å². The lowest BCUT2D eigenvalue weighted by molar-refractivity contribution is 0.105. The molecule has 0 radical (unpaired) electrons. The van der Waals surface area contributed by atoms with Gasteiger partial charge in [-0.1, -0.05) is 59.2 Å². The molecule has 2 aliphatic heterocycles. The third kappa shape index (κ3) is 9.12. The molecule has 0 fully saturated rings. The predicted molar refractivity (Wildman–Crippen MR) is 230 cm³/mol. The van der Waals surface area contributed by atoms with Crippen LogP contribution < -0.4 is 9.47 Å². The molecule has 0 aliphatic carbocycles. The van der Waals surface area contributed by atoms with Crippen LogP contribution in [0.1, 0.15) is 48.2 Å². The van der Waals surface area contributed by atoms with Gasteiger partial charge in [0.1, 0.15) is 11.5 Å². The van der Waals surface area contributed by atoms with Crippen molar-refractivity contribution in [3.8, 4) is 44.0 Å². The molecular weight excluding hydrogens is 943 g/mol. The van der Waals surface area contributed by atoms with Crippen LogP contribution >= 0.6 is 69.1 Å². The van der Waals surface area contributed by atoms with Crippen LogP contribution in [0.4, 0.5) is 0 Å². The first-order valence-corrected chi connectivity index (χ1v) is 24.5. The number of unbranched alkanes of at least 4 members (excludes halogenated alkanes) is 3. The quantitative estimate of drug-likeness (QED) is 0.0736. The summed E-state index contributed by atoms with van der Waals surface area (Å²) in [4.78, 5) is 0.994. The van der Waals surface area contributed by atoms with Gasteiger partial charge in [0, 0.05) is 59.4 Å². The van der Waals surface area contributed by atoms with E-state index in [-0.39, 0.29) is 34.8 Å². The Bertz CT molecular complexity index is 2630. The van der Waals surface area contributed by atoms with Crippen molar-refractivity contribution in [1.82, 2.24) is 19.6 Å². The van der Waals surface area contributed by atoms with Gasteiger partial charge in [-0.3, -0.25) is 9.11 Å². The lowest BCUT2D eigenvalue weighted by Crippen LogP contribution is -2.04. The zero-order valence-corrected chi connectivity index (χ0v) is 37.5.